The maximum Gasteiger partial charge on any atom is 0.224 e. The van der Waals surface area contributed by atoms with Gasteiger partial charge in [-0.15, -0.1) is 0 Å². The van der Waals surface area contributed by atoms with Crippen molar-refractivity contribution in [2.45, 2.75) is 37.0 Å². The number of hydrogen-bond acceptors (Lipinski definition) is 5. The third-order valence-electron chi connectivity index (χ3n) is 5.22. The van der Waals surface area contributed by atoms with Gasteiger partial charge in [0.25, 0.3) is 0 Å². The quantitative estimate of drug-likeness (QED) is 0.534. The van der Waals surface area contributed by atoms with Crippen LogP contribution >= 0.6 is 0 Å². The topological polar surface area (TPSA) is 122 Å². The molecule has 0 spiro atoms. The molecule has 3 rings (SSSR count). The van der Waals surface area contributed by atoms with Crippen molar-refractivity contribution in [2.75, 3.05) is 46.0 Å². The van der Waals surface area contributed by atoms with Gasteiger partial charge in [0.2, 0.25) is 5.91 Å². The van der Waals surface area contributed by atoms with Crippen molar-refractivity contribution in [1.82, 2.24) is 9.80 Å². The molecule has 0 atom stereocenters. The molecule has 9 heteroatoms. The molecule has 1 saturated heterocycles. The minimum Gasteiger partial charge on any atom is -0.370 e. The fourth-order valence-electron chi connectivity index (χ4n) is 3.44. The van der Waals surface area contributed by atoms with Crippen molar-refractivity contribution in [1.29, 1.82) is 0 Å². The molecule has 0 unspecified atom stereocenters. The van der Waals surface area contributed by atoms with E-state index in [2.05, 4.69) is 16.9 Å². The minimum absolute atomic E-state index is 0.0428. The normalized spacial score (nSPS) is 17.0. The molecule has 29 heavy (non-hydrogen) atoms. The van der Waals surface area contributed by atoms with Gasteiger partial charge in [-0.1, -0.05) is 6.07 Å². The number of amides is 1. The van der Waals surface area contributed by atoms with Crippen molar-refractivity contribution in [3.8, 4) is 0 Å². The smallest absolute Gasteiger partial charge is 0.224 e. The number of nitrogens with zero attached hydrogens (tertiary/aromatic N) is 3. The molecule has 1 amide bonds. The van der Waals surface area contributed by atoms with Crippen LogP contribution in [0.2, 0.25) is 0 Å². The number of hydrogen-bond donors (Lipinski definition) is 2. The van der Waals surface area contributed by atoms with Crippen LogP contribution in [0.5, 0.6) is 0 Å². The number of benzene rings is 1. The predicted molar refractivity (Wildman–Crippen MR) is 116 cm³/mol. The van der Waals surface area contributed by atoms with Crippen LogP contribution in [-0.4, -0.2) is 76.1 Å². The third-order valence-corrected chi connectivity index (χ3v) is 6.33. The van der Waals surface area contributed by atoms with E-state index in [4.69, 9.17) is 11.5 Å². The molecule has 1 aliphatic heterocycles. The average molecular weight is 424 g/mol. The van der Waals surface area contributed by atoms with Crippen LogP contribution in [0.3, 0.4) is 0 Å². The number of carbonyl (C=O) groups excluding carboxylic acids is 1. The molecular weight excluding hydrogens is 390 g/mol. The van der Waals surface area contributed by atoms with Gasteiger partial charge in [0, 0.05) is 38.9 Å². The van der Waals surface area contributed by atoms with Gasteiger partial charge in [-0.05, 0) is 56.0 Å². The maximum absolute atomic E-state index is 11.6. The second-order valence-electron chi connectivity index (χ2n) is 7.65. The number of sulfone groups is 1. The molecule has 1 aliphatic carbocycles. The Hall–Kier alpha value is -2.13. The molecule has 0 aromatic heterocycles. The van der Waals surface area contributed by atoms with E-state index in [9.17, 15) is 13.2 Å². The van der Waals surface area contributed by atoms with E-state index in [0.29, 0.717) is 17.9 Å². The number of guanidine groups is 1. The Morgan fingerprint density at radius 2 is 1.69 bits per heavy atom. The van der Waals surface area contributed by atoms with E-state index < -0.39 is 9.84 Å². The van der Waals surface area contributed by atoms with Crippen LogP contribution in [0, 0.1) is 0 Å². The Labute approximate surface area is 173 Å². The van der Waals surface area contributed by atoms with Gasteiger partial charge in [-0.3, -0.25) is 9.79 Å². The number of rotatable bonds is 4. The summed E-state index contributed by atoms with van der Waals surface area (Å²) in [6.45, 7) is 3.86. The minimum atomic E-state index is -3.04. The first-order valence-electron chi connectivity index (χ1n) is 10.0. The number of nitrogens with two attached hydrogens (primary N) is 2. The van der Waals surface area contributed by atoms with Gasteiger partial charge < -0.3 is 21.3 Å². The zero-order valence-electron chi connectivity index (χ0n) is 17.4. The number of fused-ring (bicyclic) bond motifs is 1. The Kier molecular flexibility index (Phi) is 8.45. The lowest BCUT2D eigenvalue weighted by molar-refractivity contribution is -0.132. The lowest BCUT2D eigenvalue weighted by Crippen LogP contribution is -2.47. The summed E-state index contributed by atoms with van der Waals surface area (Å²) in [5.41, 5.74) is 12.9. The fraction of sp³-hybridized carbons (Fsp3) is 0.600. The highest BCUT2D eigenvalue weighted by Crippen LogP contribution is 2.23. The van der Waals surface area contributed by atoms with Crippen LogP contribution in [0.4, 0.5) is 0 Å². The molecule has 0 bridgehead atoms. The zero-order valence-corrected chi connectivity index (χ0v) is 18.2. The molecule has 1 aromatic carbocycles. The van der Waals surface area contributed by atoms with Crippen LogP contribution in [0.15, 0.2) is 28.1 Å². The summed E-state index contributed by atoms with van der Waals surface area (Å²) < 4.78 is 22.6. The van der Waals surface area contributed by atoms with Crippen molar-refractivity contribution in [2.24, 2.45) is 16.5 Å². The molecule has 1 fully saturated rings. The van der Waals surface area contributed by atoms with Gasteiger partial charge >= 0.3 is 0 Å². The molecule has 4 N–H and O–H groups in total. The van der Waals surface area contributed by atoms with E-state index >= 15 is 0 Å². The Balaban J connectivity index is 0.000000207. The van der Waals surface area contributed by atoms with Gasteiger partial charge in [0.15, 0.2) is 15.8 Å². The summed E-state index contributed by atoms with van der Waals surface area (Å²) >= 11 is 0. The first-order valence-corrected chi connectivity index (χ1v) is 11.9. The highest BCUT2D eigenvalue weighted by atomic mass is 32.2. The van der Waals surface area contributed by atoms with Gasteiger partial charge in [0.05, 0.1) is 11.4 Å². The first-order chi connectivity index (χ1) is 13.7. The lowest BCUT2D eigenvalue weighted by atomic mass is 9.92. The SMILES string of the molecule is CN1CCN(C(=O)CCN=C(N)N)CC1.CS(=O)(=O)c1ccc2c(c1)CCCC2. The van der Waals surface area contributed by atoms with Crippen LogP contribution in [0.25, 0.3) is 0 Å². The number of aliphatic imine (C=N–C) groups is 1. The number of piperazine rings is 1. The number of aryl methyl sites for hydroxylation is 2. The summed E-state index contributed by atoms with van der Waals surface area (Å²) in [6.07, 6.45) is 6.18. The summed E-state index contributed by atoms with van der Waals surface area (Å²) in [5.74, 6) is 0.175. The van der Waals surface area contributed by atoms with Crippen molar-refractivity contribution in [3.63, 3.8) is 0 Å². The lowest BCUT2D eigenvalue weighted by Gasteiger charge is -2.32. The highest BCUT2D eigenvalue weighted by molar-refractivity contribution is 7.90. The average Bonchev–Trinajstić information content (AvgIpc) is 2.67. The number of carbonyl (C=O) groups is 1. The summed E-state index contributed by atoms with van der Waals surface area (Å²) in [5, 5.41) is 0. The van der Waals surface area contributed by atoms with E-state index in [1.54, 1.807) is 6.07 Å². The largest absolute Gasteiger partial charge is 0.370 e. The summed E-state index contributed by atoms with van der Waals surface area (Å²) in [6, 6.07) is 5.52. The van der Waals surface area contributed by atoms with Gasteiger partial charge in [-0.25, -0.2) is 8.42 Å². The highest BCUT2D eigenvalue weighted by Gasteiger charge is 2.18. The maximum atomic E-state index is 11.6. The Bertz CT molecular complexity index is 827. The molecule has 0 saturated carbocycles. The van der Waals surface area contributed by atoms with Crippen molar-refractivity contribution >= 4 is 21.7 Å². The number of likely N-dealkylation sites (N-methyl/N-ethyl adjacent to an activating group) is 1. The summed E-state index contributed by atoms with van der Waals surface area (Å²) in [7, 11) is -0.980. The molecule has 1 heterocycles. The zero-order chi connectivity index (χ0) is 21.4. The second-order valence-corrected chi connectivity index (χ2v) is 9.67. The monoisotopic (exact) mass is 423 g/mol. The van der Waals surface area contributed by atoms with Crippen molar-refractivity contribution < 1.29 is 13.2 Å². The second kappa shape index (κ2) is 10.6. The molecule has 2 aliphatic rings. The van der Waals surface area contributed by atoms with Gasteiger partial charge in [-0.2, -0.15) is 0 Å². The van der Waals surface area contributed by atoms with Crippen LogP contribution in [-0.2, 0) is 27.5 Å². The van der Waals surface area contributed by atoms with Crippen molar-refractivity contribution in [3.05, 3.63) is 29.3 Å². The molecule has 162 valence electrons. The van der Waals surface area contributed by atoms with Crippen LogP contribution in [0.1, 0.15) is 30.4 Å². The fourth-order valence-corrected chi connectivity index (χ4v) is 4.11. The predicted octanol–water partition coefficient (Wildman–Crippen LogP) is 0.393. The Morgan fingerprint density at radius 1 is 1.07 bits per heavy atom. The molecule has 1 aromatic rings. The van der Waals surface area contributed by atoms with E-state index in [0.717, 1.165) is 39.0 Å². The van der Waals surface area contributed by atoms with E-state index in [-0.39, 0.29) is 11.9 Å². The molecule has 0 radical (unpaired) electrons. The van der Waals surface area contributed by atoms with Gasteiger partial charge in [0.1, 0.15) is 0 Å². The van der Waals surface area contributed by atoms with Crippen LogP contribution < -0.4 is 11.5 Å². The first kappa shape index (κ1) is 23.2. The third kappa shape index (κ3) is 7.66. The standard InChI is InChI=1S/C11H14O2S.C9H19N5O/c1-14(12,13)11-7-6-9-4-2-3-5-10(9)8-11;1-13-4-6-14(7-5-13)8(15)2-3-12-9(10)11/h6-8H,2-5H2,1H3;2-7H2,1H3,(H4,10,11,12). The molecule has 8 nitrogen and oxygen atoms in total. The summed E-state index contributed by atoms with van der Waals surface area (Å²) in [4.78, 5) is 20.0. The van der Waals surface area contributed by atoms with E-state index in [1.807, 2.05) is 17.0 Å². The molecular formula is C20H33N5O3S. The van der Waals surface area contributed by atoms with E-state index in [1.165, 1.54) is 30.2 Å². The Morgan fingerprint density at radius 3 is 2.28 bits per heavy atom.